The normalized spacial score (nSPS) is 15.2. The van der Waals surface area contributed by atoms with E-state index in [0.717, 1.165) is 18.6 Å². The number of hydrogen-bond acceptors (Lipinski definition) is 6. The van der Waals surface area contributed by atoms with Gasteiger partial charge in [0.25, 0.3) is 0 Å². The van der Waals surface area contributed by atoms with Crippen LogP contribution in [0.3, 0.4) is 0 Å². The van der Waals surface area contributed by atoms with Crippen molar-refractivity contribution in [3.8, 4) is 5.75 Å². The fourth-order valence-electron chi connectivity index (χ4n) is 2.77. The van der Waals surface area contributed by atoms with Crippen molar-refractivity contribution in [2.45, 2.75) is 51.7 Å². The van der Waals surface area contributed by atoms with Crippen LogP contribution in [0, 0.1) is 6.92 Å². The van der Waals surface area contributed by atoms with Crippen LogP contribution >= 0.6 is 0 Å². The van der Waals surface area contributed by atoms with Gasteiger partial charge in [-0.2, -0.15) is 0 Å². The predicted octanol–water partition coefficient (Wildman–Crippen LogP) is 3.61. The smallest absolute Gasteiger partial charge is 0.490 e. The lowest BCUT2D eigenvalue weighted by atomic mass is 9.98. The van der Waals surface area contributed by atoms with E-state index in [9.17, 15) is 9.59 Å². The average Bonchev–Trinajstić information content (AvgIpc) is 2.92. The van der Waals surface area contributed by atoms with Crippen molar-refractivity contribution in [2.24, 2.45) is 0 Å². The van der Waals surface area contributed by atoms with E-state index < -0.39 is 11.8 Å². The summed E-state index contributed by atoms with van der Waals surface area (Å²) in [6, 6.07) is 6.88. The summed E-state index contributed by atoms with van der Waals surface area (Å²) in [6.07, 6.45) is 6.12. The first-order valence-electron chi connectivity index (χ1n) is 8.15. The Balaban J connectivity index is 1.55. The first-order valence-corrected chi connectivity index (χ1v) is 8.15. The lowest BCUT2D eigenvalue weighted by molar-refractivity contribution is 0.0443. The second-order valence-electron chi connectivity index (χ2n) is 5.91. The second kappa shape index (κ2) is 7.38. The maximum atomic E-state index is 12.0. The molecule has 0 amide bonds. The van der Waals surface area contributed by atoms with Crippen LogP contribution in [-0.2, 0) is 11.3 Å². The highest BCUT2D eigenvalue weighted by Crippen LogP contribution is 2.23. The van der Waals surface area contributed by atoms with E-state index in [-0.39, 0.29) is 18.5 Å². The Morgan fingerprint density at radius 3 is 2.46 bits per heavy atom. The van der Waals surface area contributed by atoms with Crippen molar-refractivity contribution in [2.75, 3.05) is 0 Å². The molecule has 1 aromatic carbocycles. The Bertz CT molecular complexity index is 734. The Kier molecular flexibility index (Phi) is 5.03. The van der Waals surface area contributed by atoms with Gasteiger partial charge in [0, 0.05) is 0 Å². The van der Waals surface area contributed by atoms with Crippen LogP contribution in [0.5, 0.6) is 5.75 Å². The maximum Gasteiger partial charge on any atom is 0.519 e. The van der Waals surface area contributed by atoms with Crippen molar-refractivity contribution >= 4 is 5.97 Å². The molecule has 1 saturated carbocycles. The van der Waals surface area contributed by atoms with Gasteiger partial charge in [-0.15, -0.1) is 0 Å². The van der Waals surface area contributed by atoms with E-state index in [1.807, 2.05) is 0 Å². The van der Waals surface area contributed by atoms with Crippen molar-refractivity contribution in [3.63, 3.8) is 0 Å². The first-order chi connectivity index (χ1) is 11.6. The predicted molar refractivity (Wildman–Crippen MR) is 85.0 cm³/mol. The van der Waals surface area contributed by atoms with Crippen LogP contribution in [-0.4, -0.2) is 12.1 Å². The van der Waals surface area contributed by atoms with Crippen LogP contribution < -0.4 is 10.6 Å². The summed E-state index contributed by atoms with van der Waals surface area (Å²) in [5.74, 6) is -0.0185. The van der Waals surface area contributed by atoms with Gasteiger partial charge in [-0.25, -0.2) is 9.59 Å². The molecule has 0 aliphatic heterocycles. The van der Waals surface area contributed by atoms with E-state index in [2.05, 4.69) is 0 Å². The third kappa shape index (κ3) is 4.07. The van der Waals surface area contributed by atoms with Gasteiger partial charge in [-0.1, -0.05) is 6.42 Å². The second-order valence-corrected chi connectivity index (χ2v) is 5.91. The SMILES string of the molecule is Cc1oc(=O)oc1COC(=O)c1ccc(OC2CCCCC2)cc1. The van der Waals surface area contributed by atoms with Crippen LogP contribution in [0.25, 0.3) is 0 Å². The number of hydrogen-bond donors (Lipinski definition) is 0. The fraction of sp³-hybridized carbons (Fsp3) is 0.444. The Morgan fingerprint density at radius 2 is 1.83 bits per heavy atom. The third-order valence-electron chi connectivity index (χ3n) is 4.11. The van der Waals surface area contributed by atoms with Crippen molar-refractivity contribution in [3.05, 3.63) is 52.0 Å². The van der Waals surface area contributed by atoms with E-state index in [0.29, 0.717) is 11.3 Å². The number of carbonyl (C=O) groups is 1. The summed E-state index contributed by atoms with van der Waals surface area (Å²) in [6.45, 7) is 1.43. The van der Waals surface area contributed by atoms with Gasteiger partial charge < -0.3 is 18.3 Å². The summed E-state index contributed by atoms with van der Waals surface area (Å²) in [7, 11) is 0. The van der Waals surface area contributed by atoms with E-state index >= 15 is 0 Å². The van der Waals surface area contributed by atoms with Crippen molar-refractivity contribution in [1.29, 1.82) is 0 Å². The van der Waals surface area contributed by atoms with Gasteiger partial charge in [0.1, 0.15) is 5.75 Å². The molecule has 0 atom stereocenters. The monoisotopic (exact) mass is 332 g/mol. The first kappa shape index (κ1) is 16.4. The minimum absolute atomic E-state index is 0.142. The molecule has 0 saturated heterocycles. The molecule has 0 N–H and O–H groups in total. The molecule has 128 valence electrons. The van der Waals surface area contributed by atoms with Gasteiger partial charge in [-0.05, 0) is 56.9 Å². The number of benzene rings is 1. The molecule has 0 spiro atoms. The van der Waals surface area contributed by atoms with E-state index in [4.69, 9.17) is 18.3 Å². The topological polar surface area (TPSA) is 78.9 Å². The lowest BCUT2D eigenvalue weighted by Crippen LogP contribution is -2.19. The van der Waals surface area contributed by atoms with Crippen molar-refractivity contribution in [1.82, 2.24) is 0 Å². The molecule has 1 aliphatic rings. The van der Waals surface area contributed by atoms with Crippen molar-refractivity contribution < 1.29 is 23.1 Å². The van der Waals surface area contributed by atoms with E-state index in [1.54, 1.807) is 31.2 Å². The number of esters is 1. The fourth-order valence-corrected chi connectivity index (χ4v) is 2.77. The lowest BCUT2D eigenvalue weighted by Gasteiger charge is -2.22. The number of ether oxygens (including phenoxy) is 2. The average molecular weight is 332 g/mol. The molecular formula is C18H20O6. The Labute approximate surface area is 139 Å². The zero-order valence-corrected chi connectivity index (χ0v) is 13.6. The maximum absolute atomic E-state index is 12.0. The highest BCUT2D eigenvalue weighted by atomic mass is 16.6. The Morgan fingerprint density at radius 1 is 1.12 bits per heavy atom. The third-order valence-corrected chi connectivity index (χ3v) is 4.11. The molecule has 3 rings (SSSR count). The summed E-state index contributed by atoms with van der Waals surface area (Å²) in [5, 5.41) is 0. The number of aryl methyl sites for hydroxylation is 1. The molecule has 6 heteroatoms. The molecule has 2 aromatic rings. The molecule has 1 fully saturated rings. The number of rotatable bonds is 5. The van der Waals surface area contributed by atoms with Crippen LogP contribution in [0.15, 0.2) is 37.9 Å². The molecule has 0 unspecified atom stereocenters. The van der Waals surface area contributed by atoms with Crippen LogP contribution in [0.1, 0.15) is 54.0 Å². The molecule has 0 radical (unpaired) electrons. The van der Waals surface area contributed by atoms with Gasteiger partial charge in [0.05, 0.1) is 11.7 Å². The summed E-state index contributed by atoms with van der Waals surface area (Å²) in [5.41, 5.74) is 0.412. The molecule has 1 aliphatic carbocycles. The highest BCUT2D eigenvalue weighted by molar-refractivity contribution is 5.89. The minimum atomic E-state index is -0.803. The number of carbonyl (C=O) groups excluding carboxylic acids is 1. The molecular weight excluding hydrogens is 312 g/mol. The zero-order chi connectivity index (χ0) is 16.9. The summed E-state index contributed by atoms with van der Waals surface area (Å²) >= 11 is 0. The Hall–Kier alpha value is -2.50. The summed E-state index contributed by atoms with van der Waals surface area (Å²) < 4.78 is 20.5. The quantitative estimate of drug-likeness (QED) is 0.778. The molecule has 0 bridgehead atoms. The molecule has 1 aromatic heterocycles. The zero-order valence-electron chi connectivity index (χ0n) is 13.6. The largest absolute Gasteiger partial charge is 0.519 e. The van der Waals surface area contributed by atoms with Gasteiger partial charge in [0.15, 0.2) is 18.1 Å². The van der Waals surface area contributed by atoms with E-state index in [1.165, 1.54) is 19.3 Å². The van der Waals surface area contributed by atoms with Gasteiger partial charge in [0.2, 0.25) is 0 Å². The standard InChI is InChI=1S/C18H20O6/c1-12-16(24-18(20)22-12)11-21-17(19)13-7-9-15(10-8-13)23-14-5-3-2-4-6-14/h7-10,14H,2-6,11H2,1H3. The van der Waals surface area contributed by atoms with Crippen LogP contribution in [0.2, 0.25) is 0 Å². The molecule has 6 nitrogen and oxygen atoms in total. The van der Waals surface area contributed by atoms with Gasteiger partial charge >= 0.3 is 11.8 Å². The summed E-state index contributed by atoms with van der Waals surface area (Å²) in [4.78, 5) is 23.0. The molecule has 1 heterocycles. The highest BCUT2D eigenvalue weighted by Gasteiger charge is 2.16. The van der Waals surface area contributed by atoms with Crippen LogP contribution in [0.4, 0.5) is 0 Å². The molecule has 24 heavy (non-hydrogen) atoms. The minimum Gasteiger partial charge on any atom is -0.490 e. The van der Waals surface area contributed by atoms with Gasteiger partial charge in [-0.3, -0.25) is 0 Å².